The van der Waals surface area contributed by atoms with Gasteiger partial charge in [0.2, 0.25) is 0 Å². The molecule has 0 aliphatic carbocycles. The first kappa shape index (κ1) is 19.1. The van der Waals surface area contributed by atoms with Gasteiger partial charge in [-0.25, -0.2) is 0 Å². The number of aliphatic hydroxyl groups excluding tert-OH is 1. The summed E-state index contributed by atoms with van der Waals surface area (Å²) < 4.78 is 0. The predicted octanol–water partition coefficient (Wildman–Crippen LogP) is 3.50. The maximum absolute atomic E-state index is 9.50. The van der Waals surface area contributed by atoms with E-state index in [-0.39, 0.29) is 6.61 Å². The molecule has 0 aromatic heterocycles. The van der Waals surface area contributed by atoms with E-state index in [0.29, 0.717) is 6.04 Å². The van der Waals surface area contributed by atoms with E-state index in [2.05, 4.69) is 71.3 Å². The van der Waals surface area contributed by atoms with E-state index in [4.69, 9.17) is 0 Å². The Balaban J connectivity index is 1.49. The van der Waals surface area contributed by atoms with E-state index < -0.39 is 0 Å². The van der Waals surface area contributed by atoms with E-state index in [1.165, 1.54) is 23.1 Å². The first-order valence-electron chi connectivity index (χ1n) is 9.91. The summed E-state index contributed by atoms with van der Waals surface area (Å²) in [5.41, 5.74) is 4.11. The Labute approximate surface area is 158 Å². The standard InChI is InChI=1S/C23H32N2O/c1-20-9-11-22(12-10-20)18-25-16-15-24(19-23(25)13-17-26)14-5-8-21-6-3-2-4-7-21/h2-4,6-7,9-12,23,26H,5,8,13-19H2,1H3/t23-/m1/s1. The third-order valence-electron chi connectivity index (χ3n) is 5.44. The molecule has 1 atom stereocenters. The zero-order valence-electron chi connectivity index (χ0n) is 16.0. The van der Waals surface area contributed by atoms with Crippen molar-refractivity contribution in [3.05, 3.63) is 71.3 Å². The van der Waals surface area contributed by atoms with Crippen molar-refractivity contribution in [3.8, 4) is 0 Å². The minimum Gasteiger partial charge on any atom is -0.396 e. The molecule has 0 radical (unpaired) electrons. The quantitative estimate of drug-likeness (QED) is 0.788. The molecule has 1 aliphatic heterocycles. The summed E-state index contributed by atoms with van der Waals surface area (Å²) in [5.74, 6) is 0. The first-order chi connectivity index (χ1) is 12.7. The molecule has 0 bridgehead atoms. The molecule has 2 aromatic carbocycles. The fraction of sp³-hybridized carbons (Fsp3) is 0.478. The lowest BCUT2D eigenvalue weighted by Gasteiger charge is -2.41. The molecule has 3 rings (SSSR count). The van der Waals surface area contributed by atoms with Crippen molar-refractivity contribution in [1.29, 1.82) is 0 Å². The van der Waals surface area contributed by atoms with E-state index >= 15 is 0 Å². The topological polar surface area (TPSA) is 26.7 Å². The molecule has 2 aromatic rings. The summed E-state index contributed by atoms with van der Waals surface area (Å²) in [6.07, 6.45) is 3.21. The summed E-state index contributed by atoms with van der Waals surface area (Å²) in [4.78, 5) is 5.13. The number of aliphatic hydroxyl groups is 1. The summed E-state index contributed by atoms with van der Waals surface area (Å²) in [6, 6.07) is 20.1. The molecule has 0 amide bonds. The van der Waals surface area contributed by atoms with Gasteiger partial charge in [0.1, 0.15) is 0 Å². The van der Waals surface area contributed by atoms with Crippen molar-refractivity contribution >= 4 is 0 Å². The van der Waals surface area contributed by atoms with Crippen LogP contribution in [-0.4, -0.2) is 53.7 Å². The Hall–Kier alpha value is -1.68. The zero-order valence-corrected chi connectivity index (χ0v) is 16.0. The highest BCUT2D eigenvalue weighted by Gasteiger charge is 2.26. The van der Waals surface area contributed by atoms with Crippen LogP contribution in [0.5, 0.6) is 0 Å². The molecule has 1 heterocycles. The number of nitrogens with zero attached hydrogens (tertiary/aromatic N) is 2. The second-order valence-electron chi connectivity index (χ2n) is 7.51. The van der Waals surface area contributed by atoms with Crippen molar-refractivity contribution in [2.45, 2.75) is 38.8 Å². The summed E-state index contributed by atoms with van der Waals surface area (Å²) >= 11 is 0. The van der Waals surface area contributed by atoms with E-state index in [1.54, 1.807) is 0 Å². The van der Waals surface area contributed by atoms with Gasteiger partial charge in [-0.1, -0.05) is 60.2 Å². The fourth-order valence-corrected chi connectivity index (χ4v) is 3.87. The third-order valence-corrected chi connectivity index (χ3v) is 5.44. The van der Waals surface area contributed by atoms with Crippen molar-refractivity contribution in [2.75, 3.05) is 32.8 Å². The summed E-state index contributed by atoms with van der Waals surface area (Å²) in [5, 5.41) is 9.50. The zero-order chi connectivity index (χ0) is 18.2. The minimum atomic E-state index is 0.271. The minimum absolute atomic E-state index is 0.271. The van der Waals surface area contributed by atoms with Gasteiger partial charge in [-0.2, -0.15) is 0 Å². The Morgan fingerprint density at radius 1 is 0.962 bits per heavy atom. The van der Waals surface area contributed by atoms with Gasteiger partial charge in [0, 0.05) is 38.8 Å². The smallest absolute Gasteiger partial charge is 0.0446 e. The van der Waals surface area contributed by atoms with Crippen LogP contribution in [0.4, 0.5) is 0 Å². The molecular weight excluding hydrogens is 320 g/mol. The van der Waals surface area contributed by atoms with Crippen LogP contribution >= 0.6 is 0 Å². The molecule has 1 N–H and O–H groups in total. The fourth-order valence-electron chi connectivity index (χ4n) is 3.87. The average molecular weight is 353 g/mol. The van der Waals surface area contributed by atoms with Crippen LogP contribution in [0.25, 0.3) is 0 Å². The lowest BCUT2D eigenvalue weighted by Crippen LogP contribution is -2.53. The van der Waals surface area contributed by atoms with Crippen molar-refractivity contribution in [1.82, 2.24) is 9.80 Å². The number of benzene rings is 2. The molecule has 140 valence electrons. The number of rotatable bonds is 8. The van der Waals surface area contributed by atoms with Crippen LogP contribution in [0.2, 0.25) is 0 Å². The second-order valence-corrected chi connectivity index (χ2v) is 7.51. The largest absolute Gasteiger partial charge is 0.396 e. The van der Waals surface area contributed by atoms with Gasteiger partial charge in [0.05, 0.1) is 0 Å². The highest BCUT2D eigenvalue weighted by Crippen LogP contribution is 2.17. The van der Waals surface area contributed by atoms with Crippen LogP contribution in [0.15, 0.2) is 54.6 Å². The Morgan fingerprint density at radius 2 is 1.73 bits per heavy atom. The van der Waals surface area contributed by atoms with Gasteiger partial charge in [-0.05, 0) is 43.9 Å². The third kappa shape index (κ3) is 5.66. The monoisotopic (exact) mass is 352 g/mol. The normalized spacial score (nSPS) is 18.9. The average Bonchev–Trinajstić information content (AvgIpc) is 2.66. The van der Waals surface area contributed by atoms with Gasteiger partial charge in [0.15, 0.2) is 0 Å². The van der Waals surface area contributed by atoms with Crippen LogP contribution in [0.3, 0.4) is 0 Å². The molecule has 3 heteroatoms. The lowest BCUT2D eigenvalue weighted by atomic mass is 10.1. The SMILES string of the molecule is Cc1ccc(CN2CCN(CCCc3ccccc3)C[C@H]2CCO)cc1. The van der Waals surface area contributed by atoms with Gasteiger partial charge < -0.3 is 10.0 Å². The number of hydrogen-bond acceptors (Lipinski definition) is 3. The number of hydrogen-bond donors (Lipinski definition) is 1. The van der Waals surface area contributed by atoms with Gasteiger partial charge in [0.25, 0.3) is 0 Å². The lowest BCUT2D eigenvalue weighted by molar-refractivity contribution is 0.0533. The maximum Gasteiger partial charge on any atom is 0.0446 e. The molecule has 1 fully saturated rings. The summed E-state index contributed by atoms with van der Waals surface area (Å²) in [7, 11) is 0. The second kappa shape index (κ2) is 9.86. The molecule has 0 saturated carbocycles. The molecule has 0 unspecified atom stereocenters. The van der Waals surface area contributed by atoms with Crippen LogP contribution in [0, 0.1) is 6.92 Å². The Bertz CT molecular complexity index is 641. The number of piperazine rings is 1. The van der Waals surface area contributed by atoms with Crippen LogP contribution < -0.4 is 0 Å². The van der Waals surface area contributed by atoms with Crippen LogP contribution in [0.1, 0.15) is 29.5 Å². The first-order valence-corrected chi connectivity index (χ1v) is 9.91. The maximum atomic E-state index is 9.50. The van der Waals surface area contributed by atoms with Crippen LogP contribution in [-0.2, 0) is 13.0 Å². The molecule has 3 nitrogen and oxygen atoms in total. The Morgan fingerprint density at radius 3 is 2.46 bits per heavy atom. The molecule has 1 aliphatic rings. The van der Waals surface area contributed by atoms with Crippen molar-refractivity contribution < 1.29 is 5.11 Å². The number of aryl methyl sites for hydroxylation is 2. The van der Waals surface area contributed by atoms with Crippen molar-refractivity contribution in [2.24, 2.45) is 0 Å². The molecular formula is C23H32N2O. The van der Waals surface area contributed by atoms with Gasteiger partial charge >= 0.3 is 0 Å². The van der Waals surface area contributed by atoms with E-state index in [9.17, 15) is 5.11 Å². The van der Waals surface area contributed by atoms with Gasteiger partial charge in [-0.3, -0.25) is 4.90 Å². The van der Waals surface area contributed by atoms with Crippen molar-refractivity contribution in [3.63, 3.8) is 0 Å². The summed E-state index contributed by atoms with van der Waals surface area (Å²) in [6.45, 7) is 7.82. The molecule has 1 saturated heterocycles. The molecule has 26 heavy (non-hydrogen) atoms. The Kier molecular flexibility index (Phi) is 7.24. The van der Waals surface area contributed by atoms with E-state index in [0.717, 1.165) is 45.6 Å². The van der Waals surface area contributed by atoms with Gasteiger partial charge in [-0.15, -0.1) is 0 Å². The highest BCUT2D eigenvalue weighted by atomic mass is 16.3. The van der Waals surface area contributed by atoms with E-state index in [1.807, 2.05) is 0 Å². The molecule has 0 spiro atoms. The highest BCUT2D eigenvalue weighted by molar-refractivity contribution is 5.21. The predicted molar refractivity (Wildman–Crippen MR) is 108 cm³/mol.